The van der Waals surface area contributed by atoms with Crippen LogP contribution >= 0.6 is 0 Å². The van der Waals surface area contributed by atoms with Crippen molar-refractivity contribution in [2.24, 2.45) is 5.41 Å². The fourth-order valence-corrected chi connectivity index (χ4v) is 5.51. The van der Waals surface area contributed by atoms with E-state index in [1.165, 1.54) is 25.1 Å². The van der Waals surface area contributed by atoms with Gasteiger partial charge in [0, 0.05) is 12.5 Å². The van der Waals surface area contributed by atoms with Gasteiger partial charge in [0.2, 0.25) is 5.60 Å². The van der Waals surface area contributed by atoms with E-state index in [0.717, 1.165) is 29.6 Å². The number of ether oxygens (including phenoxy) is 3. The number of halogens is 4. The number of rotatable bonds is 10. The topological polar surface area (TPSA) is 140 Å². The van der Waals surface area contributed by atoms with Crippen LogP contribution in [0.2, 0.25) is 0 Å². The third-order valence-corrected chi connectivity index (χ3v) is 8.39. The Hall–Kier alpha value is -3.59. The molecular weight excluding hydrogens is 578 g/mol. The van der Waals surface area contributed by atoms with Crippen LogP contribution in [0.1, 0.15) is 32.8 Å². The van der Waals surface area contributed by atoms with Gasteiger partial charge >= 0.3 is 18.1 Å². The number of nitrogens with zero attached hydrogens (tertiary/aromatic N) is 1. The predicted molar refractivity (Wildman–Crippen MR) is 136 cm³/mol. The van der Waals surface area contributed by atoms with E-state index < -0.39 is 70.6 Å². The number of aliphatic carboxylic acids is 1. The first-order chi connectivity index (χ1) is 18.8. The van der Waals surface area contributed by atoms with Crippen LogP contribution < -0.4 is 13.8 Å². The first-order valence-electron chi connectivity index (χ1n) is 12.1. The molecule has 15 heteroatoms. The highest BCUT2D eigenvalue weighted by molar-refractivity contribution is 7.92. The SMILES string of the molecule is COc1cc(S(=O)(=O)N2C[C@H](C[C@](C)(CO)C(=O)O)Oc3ccc(CC(=O)OC(C)(C)C(F)(F)F)cc32)ccc1F. The molecule has 1 aliphatic rings. The molecule has 0 saturated heterocycles. The van der Waals surface area contributed by atoms with E-state index >= 15 is 0 Å². The maximum Gasteiger partial charge on any atom is 0.427 e. The molecule has 3 rings (SSSR count). The Morgan fingerprint density at radius 3 is 2.34 bits per heavy atom. The summed E-state index contributed by atoms with van der Waals surface area (Å²) < 4.78 is 97.3. The number of aliphatic hydroxyl groups excluding tert-OH is 1. The number of alkyl halides is 3. The van der Waals surface area contributed by atoms with Gasteiger partial charge in [0.1, 0.15) is 11.9 Å². The fourth-order valence-electron chi connectivity index (χ4n) is 4.00. The summed E-state index contributed by atoms with van der Waals surface area (Å²) in [6.07, 6.45) is -6.86. The zero-order chi connectivity index (χ0) is 31.0. The Balaban J connectivity index is 2.05. The van der Waals surface area contributed by atoms with Gasteiger partial charge in [-0.1, -0.05) is 6.07 Å². The number of hydrogen-bond donors (Lipinski definition) is 2. The summed E-state index contributed by atoms with van der Waals surface area (Å²) in [5.74, 6) is -3.80. The van der Waals surface area contributed by atoms with Crippen LogP contribution in [0.4, 0.5) is 23.2 Å². The lowest BCUT2D eigenvalue weighted by molar-refractivity contribution is -0.257. The van der Waals surface area contributed by atoms with Crippen molar-refractivity contribution in [2.45, 2.75) is 56.4 Å². The summed E-state index contributed by atoms with van der Waals surface area (Å²) in [6.45, 7) is 1.41. The first-order valence-corrected chi connectivity index (χ1v) is 13.6. The minimum absolute atomic E-state index is 0.0441. The van der Waals surface area contributed by atoms with Crippen molar-refractivity contribution in [1.29, 1.82) is 0 Å². The smallest absolute Gasteiger partial charge is 0.427 e. The lowest BCUT2D eigenvalue weighted by Gasteiger charge is -2.38. The van der Waals surface area contributed by atoms with Crippen LogP contribution in [0, 0.1) is 11.2 Å². The van der Waals surface area contributed by atoms with Crippen LogP contribution in [0.15, 0.2) is 41.3 Å². The molecule has 10 nitrogen and oxygen atoms in total. The van der Waals surface area contributed by atoms with Crippen LogP contribution in [-0.4, -0.2) is 68.7 Å². The average Bonchev–Trinajstić information content (AvgIpc) is 2.87. The van der Waals surface area contributed by atoms with Gasteiger partial charge in [-0.2, -0.15) is 13.2 Å². The van der Waals surface area contributed by atoms with E-state index in [1.807, 2.05) is 0 Å². The van der Waals surface area contributed by atoms with Crippen molar-refractivity contribution >= 4 is 27.6 Å². The number of sulfonamides is 1. The highest BCUT2D eigenvalue weighted by Crippen LogP contribution is 2.41. The van der Waals surface area contributed by atoms with Gasteiger partial charge in [-0.25, -0.2) is 12.8 Å². The lowest BCUT2D eigenvalue weighted by atomic mass is 9.85. The number of aliphatic hydroxyl groups is 1. The molecule has 1 heterocycles. The molecule has 0 spiro atoms. The minimum Gasteiger partial charge on any atom is -0.494 e. The standard InChI is InChI=1S/C26H29F4NO9S/c1-24(2,26(28,29)30)40-22(33)10-15-5-8-20-19(9-15)31(13-16(39-20)12-25(3,14-32)23(34)35)41(36,37)17-6-7-18(27)21(11-17)38-4/h5-9,11,16,32H,10,12-14H2,1-4H3,(H,34,35)/t16-,25+/m0/s1. The van der Waals surface area contributed by atoms with Crippen molar-refractivity contribution in [3.8, 4) is 11.5 Å². The fraction of sp³-hybridized carbons (Fsp3) is 0.462. The number of fused-ring (bicyclic) bond motifs is 1. The lowest BCUT2D eigenvalue weighted by Crippen LogP contribution is -2.47. The van der Waals surface area contributed by atoms with Crippen LogP contribution in [-0.2, 0) is 30.8 Å². The quantitative estimate of drug-likeness (QED) is 0.306. The van der Waals surface area contributed by atoms with E-state index in [1.54, 1.807) is 0 Å². The summed E-state index contributed by atoms with van der Waals surface area (Å²) >= 11 is 0. The average molecular weight is 608 g/mol. The van der Waals surface area contributed by atoms with Gasteiger partial charge in [-0.05, 0) is 50.6 Å². The molecule has 2 N–H and O–H groups in total. The molecule has 0 fully saturated rings. The molecule has 0 aliphatic carbocycles. The van der Waals surface area contributed by atoms with Crippen molar-refractivity contribution in [1.82, 2.24) is 0 Å². The van der Waals surface area contributed by atoms with E-state index in [0.29, 0.717) is 13.8 Å². The number of methoxy groups -OCH3 is 1. The number of hydrogen-bond acceptors (Lipinski definition) is 8. The summed E-state index contributed by atoms with van der Waals surface area (Å²) in [6, 6.07) is 6.64. The number of anilines is 1. The van der Waals surface area contributed by atoms with Crippen molar-refractivity contribution in [3.05, 3.63) is 47.8 Å². The van der Waals surface area contributed by atoms with Gasteiger partial charge in [0.25, 0.3) is 10.0 Å². The molecule has 2 aromatic carbocycles. The van der Waals surface area contributed by atoms with Gasteiger partial charge in [0.15, 0.2) is 11.6 Å². The Labute approximate surface area is 233 Å². The zero-order valence-electron chi connectivity index (χ0n) is 22.5. The highest BCUT2D eigenvalue weighted by atomic mass is 32.2. The van der Waals surface area contributed by atoms with Gasteiger partial charge < -0.3 is 24.4 Å². The molecule has 2 aromatic rings. The summed E-state index contributed by atoms with van der Waals surface area (Å²) in [7, 11) is -3.36. The van der Waals surface area contributed by atoms with E-state index in [2.05, 4.69) is 4.74 Å². The van der Waals surface area contributed by atoms with Crippen LogP contribution in [0.3, 0.4) is 0 Å². The number of carbonyl (C=O) groups excluding carboxylic acids is 1. The minimum atomic E-state index is -4.83. The van der Waals surface area contributed by atoms with Crippen LogP contribution in [0.25, 0.3) is 0 Å². The Morgan fingerprint density at radius 2 is 1.78 bits per heavy atom. The second-order valence-corrected chi connectivity index (χ2v) is 12.1. The largest absolute Gasteiger partial charge is 0.494 e. The molecule has 0 radical (unpaired) electrons. The molecule has 0 saturated carbocycles. The first kappa shape index (κ1) is 31.9. The molecule has 0 aromatic heterocycles. The number of esters is 1. The van der Waals surface area contributed by atoms with Crippen molar-refractivity contribution in [3.63, 3.8) is 0 Å². The van der Waals surface area contributed by atoms with Gasteiger partial charge in [-0.3, -0.25) is 13.9 Å². The number of carboxylic acids is 1. The number of carboxylic acid groups (broad SMARTS) is 1. The number of carbonyl (C=O) groups is 2. The molecule has 0 unspecified atom stereocenters. The molecule has 0 bridgehead atoms. The zero-order valence-corrected chi connectivity index (χ0v) is 23.3. The summed E-state index contributed by atoms with van der Waals surface area (Å²) in [5.41, 5.74) is -4.47. The molecule has 226 valence electrons. The van der Waals surface area contributed by atoms with Gasteiger partial charge in [-0.15, -0.1) is 0 Å². The highest BCUT2D eigenvalue weighted by Gasteiger charge is 2.51. The third-order valence-electron chi connectivity index (χ3n) is 6.61. The summed E-state index contributed by atoms with van der Waals surface area (Å²) in [5, 5.41) is 19.3. The molecular formula is C26H29F4NO9S. The second kappa shape index (κ2) is 11.4. The Bertz CT molecular complexity index is 1430. The maximum absolute atomic E-state index is 14.0. The molecule has 0 amide bonds. The normalized spacial score (nSPS) is 17.2. The predicted octanol–water partition coefficient (Wildman–Crippen LogP) is 3.69. The van der Waals surface area contributed by atoms with E-state index in [-0.39, 0.29) is 34.1 Å². The second-order valence-electron chi connectivity index (χ2n) is 10.3. The molecule has 1 aliphatic heterocycles. The van der Waals surface area contributed by atoms with E-state index in [4.69, 9.17) is 9.47 Å². The maximum atomic E-state index is 14.0. The third kappa shape index (κ3) is 6.67. The van der Waals surface area contributed by atoms with Gasteiger partial charge in [0.05, 0.1) is 42.7 Å². The summed E-state index contributed by atoms with van der Waals surface area (Å²) in [4.78, 5) is 23.7. The van der Waals surface area contributed by atoms with E-state index in [9.17, 15) is 45.8 Å². The van der Waals surface area contributed by atoms with Crippen LogP contribution in [0.5, 0.6) is 11.5 Å². The molecule has 2 atom stereocenters. The van der Waals surface area contributed by atoms with Crippen molar-refractivity contribution < 1.29 is 60.0 Å². The number of benzene rings is 2. The Kier molecular flexibility index (Phi) is 8.84. The Morgan fingerprint density at radius 1 is 1.12 bits per heavy atom. The molecule has 41 heavy (non-hydrogen) atoms. The van der Waals surface area contributed by atoms with Crippen molar-refractivity contribution in [2.75, 3.05) is 24.6 Å². The monoisotopic (exact) mass is 607 g/mol.